The van der Waals surface area contributed by atoms with Gasteiger partial charge in [-0.25, -0.2) is 0 Å². The molecule has 0 saturated carbocycles. The van der Waals surface area contributed by atoms with Crippen LogP contribution >= 0.6 is 0 Å². The molecule has 2 aromatic rings. The van der Waals surface area contributed by atoms with Gasteiger partial charge < -0.3 is 10.4 Å². The summed E-state index contributed by atoms with van der Waals surface area (Å²) in [5.74, 6) is 5.17. The molecule has 1 aromatic heterocycles. The normalized spacial score (nSPS) is 9.62. The van der Waals surface area contributed by atoms with Crippen molar-refractivity contribution in [2.75, 3.05) is 6.61 Å². The molecule has 0 unspecified atom stereocenters. The molecule has 0 aliphatic heterocycles. The van der Waals surface area contributed by atoms with E-state index in [0.29, 0.717) is 17.7 Å². The molecule has 2 rings (SSSR count). The molecule has 0 fully saturated rings. The Hall–Kier alpha value is -2.64. The number of carbonyl (C=O) groups excluding carboxylic acids is 1. The molecule has 21 heavy (non-hydrogen) atoms. The Morgan fingerprint density at radius 3 is 2.95 bits per heavy atom. The number of amides is 1. The summed E-state index contributed by atoms with van der Waals surface area (Å²) in [6.07, 6.45) is 3.40. The van der Waals surface area contributed by atoms with E-state index in [-0.39, 0.29) is 12.5 Å². The number of aliphatic hydroxyl groups excluding tert-OH is 1. The minimum atomic E-state index is -0.232. The summed E-state index contributed by atoms with van der Waals surface area (Å²) >= 11 is 0. The van der Waals surface area contributed by atoms with E-state index in [1.807, 2.05) is 25.1 Å². The van der Waals surface area contributed by atoms with Crippen LogP contribution in [0, 0.1) is 18.8 Å². The smallest absolute Gasteiger partial charge is 0.252 e. The first kappa shape index (κ1) is 14.8. The maximum Gasteiger partial charge on any atom is 0.252 e. The monoisotopic (exact) mass is 280 g/mol. The lowest BCUT2D eigenvalue weighted by atomic mass is 10.0. The molecule has 0 aliphatic carbocycles. The van der Waals surface area contributed by atoms with Crippen molar-refractivity contribution in [3.8, 4) is 11.8 Å². The molecule has 106 valence electrons. The predicted octanol–water partition coefficient (Wildman–Crippen LogP) is 1.66. The van der Waals surface area contributed by atoms with Crippen LogP contribution in [-0.2, 0) is 6.54 Å². The minimum absolute atomic E-state index is 0.190. The molecule has 0 radical (unpaired) electrons. The minimum Gasteiger partial charge on any atom is -0.384 e. The number of benzene rings is 1. The topological polar surface area (TPSA) is 62.2 Å². The SMILES string of the molecule is Cc1ccc(C#CCO)c(C(=O)NCc2cccnc2)c1. The number of nitrogens with one attached hydrogen (secondary N) is 1. The van der Waals surface area contributed by atoms with Gasteiger partial charge in [-0.3, -0.25) is 9.78 Å². The molecule has 0 bridgehead atoms. The average Bonchev–Trinajstić information content (AvgIpc) is 2.52. The van der Waals surface area contributed by atoms with Crippen LogP contribution in [0.15, 0.2) is 42.7 Å². The van der Waals surface area contributed by atoms with E-state index in [9.17, 15) is 4.79 Å². The van der Waals surface area contributed by atoms with Crippen LogP contribution in [0.25, 0.3) is 0 Å². The highest BCUT2D eigenvalue weighted by Gasteiger charge is 2.10. The molecular weight excluding hydrogens is 264 g/mol. The standard InChI is InChI=1S/C17H16N2O2/c1-13-6-7-15(5-3-9-20)16(10-13)17(21)19-12-14-4-2-8-18-11-14/h2,4,6-8,10-11,20H,9,12H2,1H3,(H,19,21). The molecule has 1 aromatic carbocycles. The van der Waals surface area contributed by atoms with Crippen molar-refractivity contribution in [3.63, 3.8) is 0 Å². The molecule has 0 aliphatic rings. The number of carbonyl (C=O) groups is 1. The lowest BCUT2D eigenvalue weighted by Crippen LogP contribution is -2.23. The van der Waals surface area contributed by atoms with Crippen LogP contribution in [0.2, 0.25) is 0 Å². The molecular formula is C17H16N2O2. The highest BCUT2D eigenvalue weighted by molar-refractivity contribution is 5.96. The van der Waals surface area contributed by atoms with Crippen LogP contribution in [0.5, 0.6) is 0 Å². The molecule has 2 N–H and O–H groups in total. The van der Waals surface area contributed by atoms with E-state index in [2.05, 4.69) is 22.1 Å². The van der Waals surface area contributed by atoms with Crippen molar-refractivity contribution in [1.82, 2.24) is 10.3 Å². The van der Waals surface area contributed by atoms with Gasteiger partial charge in [0.2, 0.25) is 0 Å². The Kier molecular flexibility index (Phi) is 5.08. The first-order valence-corrected chi connectivity index (χ1v) is 6.58. The van der Waals surface area contributed by atoms with Gasteiger partial charge >= 0.3 is 0 Å². The fraction of sp³-hybridized carbons (Fsp3) is 0.176. The van der Waals surface area contributed by atoms with Crippen molar-refractivity contribution in [3.05, 3.63) is 65.0 Å². The van der Waals surface area contributed by atoms with Crippen molar-refractivity contribution < 1.29 is 9.90 Å². The van der Waals surface area contributed by atoms with E-state index in [0.717, 1.165) is 11.1 Å². The lowest BCUT2D eigenvalue weighted by Gasteiger charge is -2.08. The quantitative estimate of drug-likeness (QED) is 0.841. The van der Waals surface area contributed by atoms with E-state index in [4.69, 9.17) is 5.11 Å². The van der Waals surface area contributed by atoms with E-state index in [1.165, 1.54) is 0 Å². The Bertz CT molecular complexity index is 685. The summed E-state index contributed by atoms with van der Waals surface area (Å²) in [5.41, 5.74) is 3.04. The first-order valence-electron chi connectivity index (χ1n) is 6.58. The second-order valence-corrected chi connectivity index (χ2v) is 4.55. The van der Waals surface area contributed by atoms with Gasteiger partial charge in [-0.2, -0.15) is 0 Å². The second-order valence-electron chi connectivity index (χ2n) is 4.55. The summed E-state index contributed by atoms with van der Waals surface area (Å²) in [5, 5.41) is 11.6. The fourth-order valence-corrected chi connectivity index (χ4v) is 1.87. The Labute approximate surface area is 123 Å². The van der Waals surface area contributed by atoms with Crippen LogP contribution in [0.4, 0.5) is 0 Å². The van der Waals surface area contributed by atoms with Gasteiger partial charge in [-0.1, -0.05) is 29.5 Å². The van der Waals surface area contributed by atoms with Crippen molar-refractivity contribution in [2.24, 2.45) is 0 Å². The summed E-state index contributed by atoms with van der Waals surface area (Å²) in [4.78, 5) is 16.3. The zero-order valence-electron chi connectivity index (χ0n) is 11.8. The maximum absolute atomic E-state index is 12.3. The molecule has 0 atom stereocenters. The van der Waals surface area contributed by atoms with Gasteiger partial charge in [0, 0.05) is 24.5 Å². The number of hydrogen-bond acceptors (Lipinski definition) is 3. The summed E-state index contributed by atoms with van der Waals surface area (Å²) in [7, 11) is 0. The second kappa shape index (κ2) is 7.22. The Morgan fingerprint density at radius 2 is 2.24 bits per heavy atom. The van der Waals surface area contributed by atoms with Gasteiger partial charge in [0.25, 0.3) is 5.91 Å². The molecule has 4 heteroatoms. The summed E-state index contributed by atoms with van der Waals surface area (Å²) < 4.78 is 0. The fourth-order valence-electron chi connectivity index (χ4n) is 1.87. The van der Waals surface area contributed by atoms with E-state index in [1.54, 1.807) is 24.5 Å². The predicted molar refractivity (Wildman–Crippen MR) is 80.6 cm³/mol. The largest absolute Gasteiger partial charge is 0.384 e. The van der Waals surface area contributed by atoms with Crippen molar-refractivity contribution >= 4 is 5.91 Å². The number of pyridine rings is 1. The van der Waals surface area contributed by atoms with Gasteiger partial charge in [0.05, 0.1) is 5.56 Å². The van der Waals surface area contributed by atoms with Crippen molar-refractivity contribution in [1.29, 1.82) is 0 Å². The maximum atomic E-state index is 12.3. The third-order valence-electron chi connectivity index (χ3n) is 2.90. The zero-order chi connectivity index (χ0) is 15.1. The molecule has 0 spiro atoms. The van der Waals surface area contributed by atoms with Crippen LogP contribution < -0.4 is 5.32 Å². The number of aromatic nitrogens is 1. The van der Waals surface area contributed by atoms with Gasteiger partial charge in [0.15, 0.2) is 0 Å². The third kappa shape index (κ3) is 4.16. The lowest BCUT2D eigenvalue weighted by molar-refractivity contribution is 0.0950. The highest BCUT2D eigenvalue weighted by Crippen LogP contribution is 2.11. The molecule has 4 nitrogen and oxygen atoms in total. The Morgan fingerprint density at radius 1 is 1.38 bits per heavy atom. The number of aryl methyl sites for hydroxylation is 1. The van der Waals surface area contributed by atoms with E-state index < -0.39 is 0 Å². The number of rotatable bonds is 3. The van der Waals surface area contributed by atoms with Crippen LogP contribution in [-0.4, -0.2) is 22.6 Å². The summed E-state index contributed by atoms with van der Waals surface area (Å²) in [6.45, 7) is 2.10. The number of aliphatic hydroxyl groups is 1. The molecule has 0 saturated heterocycles. The van der Waals surface area contributed by atoms with Gasteiger partial charge in [-0.15, -0.1) is 0 Å². The van der Waals surface area contributed by atoms with Crippen molar-refractivity contribution in [2.45, 2.75) is 13.5 Å². The Balaban J connectivity index is 2.16. The zero-order valence-corrected chi connectivity index (χ0v) is 11.8. The van der Waals surface area contributed by atoms with Crippen LogP contribution in [0.1, 0.15) is 27.0 Å². The molecule has 1 amide bonds. The summed E-state index contributed by atoms with van der Waals surface area (Å²) in [6, 6.07) is 9.19. The first-order chi connectivity index (χ1) is 10.2. The van der Waals surface area contributed by atoms with Crippen LogP contribution in [0.3, 0.4) is 0 Å². The third-order valence-corrected chi connectivity index (χ3v) is 2.90. The molecule has 1 heterocycles. The van der Waals surface area contributed by atoms with Gasteiger partial charge in [-0.05, 0) is 30.7 Å². The number of nitrogens with zero attached hydrogens (tertiary/aromatic N) is 1. The highest BCUT2D eigenvalue weighted by atomic mass is 16.2. The average molecular weight is 280 g/mol. The van der Waals surface area contributed by atoms with E-state index >= 15 is 0 Å². The van der Waals surface area contributed by atoms with Gasteiger partial charge in [0.1, 0.15) is 6.61 Å². The number of hydrogen-bond donors (Lipinski definition) is 2.